The van der Waals surface area contributed by atoms with Crippen molar-refractivity contribution in [1.82, 2.24) is 9.13 Å². The molecular formula is C45H30B4N4O8+2. The first-order chi connectivity index (χ1) is 29.8. The summed E-state index contributed by atoms with van der Waals surface area (Å²) in [7, 11) is -1.90. The van der Waals surface area contributed by atoms with Gasteiger partial charge in [0.25, 0.3) is 0 Å². The van der Waals surface area contributed by atoms with E-state index < -0.39 is 20.1 Å². The van der Waals surface area contributed by atoms with E-state index in [9.17, 15) is 30.1 Å². The van der Waals surface area contributed by atoms with Gasteiger partial charge < -0.3 is 39.5 Å². The van der Waals surface area contributed by atoms with Gasteiger partial charge in [-0.05, 0) is 81.7 Å². The summed E-state index contributed by atoms with van der Waals surface area (Å²) < 4.78 is 20.3. The van der Waals surface area contributed by atoms with E-state index in [0.717, 1.165) is 89.4 Å². The second kappa shape index (κ2) is 13.0. The Balaban J connectivity index is 1.24. The van der Waals surface area contributed by atoms with Gasteiger partial charge >= 0.3 is 35.5 Å². The van der Waals surface area contributed by atoms with E-state index in [1.165, 1.54) is 0 Å². The highest BCUT2D eigenvalue weighted by Crippen LogP contribution is 2.53. The van der Waals surface area contributed by atoms with Crippen molar-refractivity contribution in [3.63, 3.8) is 0 Å². The Kier molecular flexibility index (Phi) is 7.70. The molecule has 6 aromatic rings. The number of rotatable bonds is 10. The number of aromatic nitrogens is 2. The number of nitrogens with zero attached hydrogens (tertiary/aromatic N) is 4. The van der Waals surface area contributed by atoms with E-state index in [2.05, 4.69) is 66.9 Å². The maximum absolute atomic E-state index is 10.0. The molecule has 0 fully saturated rings. The third-order valence-electron chi connectivity index (χ3n) is 12.4. The molecule has 1 atom stereocenters. The van der Waals surface area contributed by atoms with Crippen LogP contribution in [-0.4, -0.2) is 89.5 Å². The monoisotopic (exact) mass is 798 g/mol. The fourth-order valence-corrected chi connectivity index (χ4v) is 10.1. The van der Waals surface area contributed by atoms with Crippen molar-refractivity contribution in [1.29, 1.82) is 0 Å². The molecule has 0 saturated carbocycles. The molecule has 1 spiro atoms. The minimum atomic E-state index is -1.61. The molecule has 12 rings (SSSR count). The Morgan fingerprint density at radius 3 is 1.20 bits per heavy atom. The normalized spacial score (nSPS) is 18.3. The molecule has 16 heteroatoms. The molecule has 0 bridgehead atoms. The lowest BCUT2D eigenvalue weighted by molar-refractivity contribution is -0.834. The van der Waals surface area contributed by atoms with E-state index in [4.69, 9.17) is 9.31 Å². The number of benzene rings is 4. The molecule has 6 aliphatic heterocycles. The second-order valence-corrected chi connectivity index (χ2v) is 15.3. The molecular weight excluding hydrogens is 768 g/mol. The SMILES string of the molecule is O[B]Oc1ccc(C2=C3C=CC4=[N+]3C35n6c2ccc6C(c2ccc(B(O)O)cc2)=C2C=CC(=[N+]23)C(c2ccc(B(O)O)cc2)=c2ccc(n25)=C4c2ccc(O[B]O)cc2)cc1. The maximum Gasteiger partial charge on any atom is 0.569 e. The topological polar surface area (TPSA) is 156 Å². The molecule has 6 aliphatic rings. The summed E-state index contributed by atoms with van der Waals surface area (Å²) in [5, 5.41) is 60.9. The molecule has 61 heavy (non-hydrogen) atoms. The van der Waals surface area contributed by atoms with Crippen LogP contribution in [-0.2, 0) is 5.91 Å². The highest BCUT2D eigenvalue weighted by atomic mass is 16.5. The van der Waals surface area contributed by atoms with Gasteiger partial charge in [0.15, 0.2) is 0 Å². The highest BCUT2D eigenvalue weighted by molar-refractivity contribution is 6.59. The van der Waals surface area contributed by atoms with Crippen molar-refractivity contribution < 1.29 is 48.6 Å². The molecule has 4 aromatic carbocycles. The van der Waals surface area contributed by atoms with Crippen LogP contribution in [0, 0.1) is 0 Å². The molecule has 8 heterocycles. The van der Waals surface area contributed by atoms with Gasteiger partial charge in [0.2, 0.25) is 22.8 Å². The molecule has 288 valence electrons. The van der Waals surface area contributed by atoms with Crippen molar-refractivity contribution >= 4 is 74.2 Å². The highest BCUT2D eigenvalue weighted by Gasteiger charge is 2.72. The first-order valence-electron chi connectivity index (χ1n) is 19.6. The third kappa shape index (κ3) is 4.74. The van der Waals surface area contributed by atoms with Crippen LogP contribution in [0.25, 0.3) is 22.3 Å². The van der Waals surface area contributed by atoms with Gasteiger partial charge in [-0.1, -0.05) is 81.9 Å². The second-order valence-electron chi connectivity index (χ2n) is 15.3. The minimum absolute atomic E-state index is 0.382. The average molecular weight is 798 g/mol. The fraction of sp³-hybridized carbons (Fsp3) is 0.0222. The fourth-order valence-electron chi connectivity index (χ4n) is 10.1. The van der Waals surface area contributed by atoms with Gasteiger partial charge in [-0.15, -0.1) is 0 Å². The van der Waals surface area contributed by atoms with Crippen molar-refractivity contribution in [2.24, 2.45) is 0 Å². The summed E-state index contributed by atoms with van der Waals surface area (Å²) >= 11 is 0. The number of hydrogen-bond acceptors (Lipinski definition) is 8. The van der Waals surface area contributed by atoms with Crippen LogP contribution in [0.1, 0.15) is 33.6 Å². The van der Waals surface area contributed by atoms with E-state index in [1.807, 2.05) is 72.8 Å². The largest absolute Gasteiger partial charge is 0.569 e. The molecule has 2 aromatic heterocycles. The lowest BCUT2D eigenvalue weighted by Crippen LogP contribution is -2.71. The smallest absolute Gasteiger partial charge is 0.537 e. The van der Waals surface area contributed by atoms with E-state index in [-0.39, 0.29) is 0 Å². The van der Waals surface area contributed by atoms with Crippen molar-refractivity contribution in [3.05, 3.63) is 201 Å². The predicted molar refractivity (Wildman–Crippen MR) is 230 cm³/mol. The Labute approximate surface area is 349 Å². The number of hydrogen-bond donors (Lipinski definition) is 6. The summed E-state index contributed by atoms with van der Waals surface area (Å²) in [6.07, 6.45) is 8.64. The molecule has 0 aliphatic carbocycles. The summed E-state index contributed by atoms with van der Waals surface area (Å²) in [4.78, 5) is 0. The Hall–Kier alpha value is -6.90. The lowest BCUT2D eigenvalue weighted by atomic mass is 9.79. The van der Waals surface area contributed by atoms with Crippen molar-refractivity contribution in [2.75, 3.05) is 0 Å². The van der Waals surface area contributed by atoms with E-state index in [1.54, 1.807) is 24.3 Å². The summed E-state index contributed by atoms with van der Waals surface area (Å²) in [5.74, 6) is -0.0956. The van der Waals surface area contributed by atoms with Crippen LogP contribution in [0.4, 0.5) is 0 Å². The molecule has 1 unspecified atom stereocenters. The molecule has 2 radical (unpaired) electrons. The number of allylic oxidation sites excluding steroid dienone is 4. The standard InChI is InChI=1S/C45H30B4N4O8/c54-46-60-31-13-5-27(6-14-31)43-37-21-19-35-41(25-1-9-29(10-2-25)48(56)57)33-17-18-34-42(26-3-11-30(12-4-26)49(58)59)36-20-22-38-44(28-7-15-32(16-8-28)61-47-55)40-24-23-39(43)53(40)45(50(33)34,51(35)37)52(36)38/h1-24,54-59H/q+2. The van der Waals surface area contributed by atoms with Crippen LogP contribution in [0.2, 0.25) is 0 Å². The van der Waals surface area contributed by atoms with Crippen LogP contribution < -0.4 is 30.9 Å². The Morgan fingerprint density at radius 2 is 0.820 bits per heavy atom. The van der Waals surface area contributed by atoms with Gasteiger partial charge in [-0.3, -0.25) is 0 Å². The zero-order valence-electron chi connectivity index (χ0n) is 32.0. The summed E-state index contributed by atoms with van der Waals surface area (Å²) in [5.41, 5.74) is 14.0. The quantitative estimate of drug-likeness (QED) is 0.0809. The van der Waals surface area contributed by atoms with Gasteiger partial charge in [0.1, 0.15) is 11.5 Å². The van der Waals surface area contributed by atoms with Crippen molar-refractivity contribution in [2.45, 2.75) is 5.91 Å². The first kappa shape index (κ1) is 36.0. The molecule has 0 amide bonds. The summed E-state index contributed by atoms with van der Waals surface area (Å²) in [6.45, 7) is 0. The third-order valence-corrected chi connectivity index (χ3v) is 12.4. The minimum Gasteiger partial charge on any atom is -0.537 e. The van der Waals surface area contributed by atoms with E-state index >= 15 is 0 Å². The molecule has 12 nitrogen and oxygen atoms in total. The first-order valence-corrected chi connectivity index (χ1v) is 19.6. The van der Waals surface area contributed by atoms with Gasteiger partial charge in [0, 0.05) is 24.3 Å². The van der Waals surface area contributed by atoms with Crippen LogP contribution >= 0.6 is 0 Å². The Bertz CT molecular complexity index is 3250. The zero-order chi connectivity index (χ0) is 41.3. The molecule has 6 N–H and O–H groups in total. The van der Waals surface area contributed by atoms with Crippen LogP contribution in [0.5, 0.6) is 11.5 Å². The van der Waals surface area contributed by atoms with Gasteiger partial charge in [-0.25, -0.2) is 0 Å². The van der Waals surface area contributed by atoms with Crippen molar-refractivity contribution in [3.8, 4) is 11.5 Å². The van der Waals surface area contributed by atoms with Gasteiger partial charge in [0.05, 0.1) is 44.4 Å². The van der Waals surface area contributed by atoms with Gasteiger partial charge in [-0.2, -0.15) is 9.13 Å². The van der Waals surface area contributed by atoms with E-state index in [0.29, 0.717) is 37.8 Å². The average Bonchev–Trinajstić information content (AvgIpc) is 4.11. The van der Waals surface area contributed by atoms with Crippen LogP contribution in [0.15, 0.2) is 157 Å². The van der Waals surface area contributed by atoms with Crippen LogP contribution in [0.3, 0.4) is 0 Å². The molecule has 0 saturated heterocycles. The Morgan fingerprint density at radius 1 is 0.443 bits per heavy atom. The zero-order valence-corrected chi connectivity index (χ0v) is 32.0. The maximum atomic E-state index is 10.0. The predicted octanol–water partition coefficient (Wildman–Crippen LogP) is -0.406. The lowest BCUT2D eigenvalue weighted by Gasteiger charge is -2.41. The summed E-state index contributed by atoms with van der Waals surface area (Å²) in [6, 6.07) is 38.5.